The Balaban J connectivity index is 2.12. The highest BCUT2D eigenvalue weighted by Crippen LogP contribution is 2.27. The van der Waals surface area contributed by atoms with Gasteiger partial charge in [0.05, 0.1) is 12.2 Å². The van der Waals surface area contributed by atoms with Gasteiger partial charge in [0.25, 0.3) is 0 Å². The van der Waals surface area contributed by atoms with E-state index in [-0.39, 0.29) is 13.0 Å². The van der Waals surface area contributed by atoms with Crippen molar-refractivity contribution < 1.29 is 22.7 Å². The molecule has 5 heteroatoms. The molecule has 0 amide bonds. The van der Waals surface area contributed by atoms with Crippen molar-refractivity contribution in [3.8, 4) is 5.75 Å². The lowest BCUT2D eigenvalue weighted by Gasteiger charge is -2.11. The molecule has 0 unspecified atom stereocenters. The lowest BCUT2D eigenvalue weighted by molar-refractivity contribution is -0.136. The van der Waals surface area contributed by atoms with Gasteiger partial charge in [-0.3, -0.25) is 4.79 Å². The smallest absolute Gasteiger partial charge is 0.389 e. The maximum absolute atomic E-state index is 12.0. The standard InChI is InChI=1S/C15H13F3O2/c16-15(17,18)8-3-9-20-14-7-6-11-4-1-2-5-12(11)13(14)10-19/h1-2,4-7,10H,3,8-9H2. The van der Waals surface area contributed by atoms with Crippen LogP contribution in [-0.4, -0.2) is 19.1 Å². The molecular formula is C15H13F3O2. The van der Waals surface area contributed by atoms with Crippen LogP contribution in [0, 0.1) is 0 Å². The van der Waals surface area contributed by atoms with Gasteiger partial charge in [0.2, 0.25) is 0 Å². The van der Waals surface area contributed by atoms with E-state index in [1.807, 2.05) is 12.1 Å². The fourth-order valence-corrected chi connectivity index (χ4v) is 1.98. The minimum absolute atomic E-state index is 0.0707. The van der Waals surface area contributed by atoms with Crippen LogP contribution in [-0.2, 0) is 0 Å². The van der Waals surface area contributed by atoms with Gasteiger partial charge in [-0.05, 0) is 23.3 Å². The third-order valence-electron chi connectivity index (χ3n) is 2.91. The number of benzene rings is 2. The molecule has 2 rings (SSSR count). The quantitative estimate of drug-likeness (QED) is 0.601. The van der Waals surface area contributed by atoms with Crippen molar-refractivity contribution in [3.63, 3.8) is 0 Å². The summed E-state index contributed by atoms with van der Waals surface area (Å²) in [6.45, 7) is -0.0707. The zero-order valence-electron chi connectivity index (χ0n) is 10.6. The molecule has 0 spiro atoms. The van der Waals surface area contributed by atoms with Crippen LogP contribution in [0.1, 0.15) is 23.2 Å². The van der Waals surface area contributed by atoms with E-state index in [9.17, 15) is 18.0 Å². The topological polar surface area (TPSA) is 26.3 Å². The molecule has 2 aromatic rings. The first-order valence-electron chi connectivity index (χ1n) is 6.18. The van der Waals surface area contributed by atoms with Gasteiger partial charge < -0.3 is 4.74 Å². The first-order valence-corrected chi connectivity index (χ1v) is 6.18. The normalized spacial score (nSPS) is 11.6. The van der Waals surface area contributed by atoms with Crippen molar-refractivity contribution >= 4 is 17.1 Å². The molecule has 2 nitrogen and oxygen atoms in total. The molecule has 0 heterocycles. The fraction of sp³-hybridized carbons (Fsp3) is 0.267. The predicted molar refractivity (Wildman–Crippen MR) is 70.1 cm³/mol. The van der Waals surface area contributed by atoms with E-state index in [4.69, 9.17) is 4.74 Å². The van der Waals surface area contributed by atoms with Crippen molar-refractivity contribution in [1.82, 2.24) is 0 Å². The molecule has 0 bridgehead atoms. The lowest BCUT2D eigenvalue weighted by Crippen LogP contribution is -2.10. The number of hydrogen-bond acceptors (Lipinski definition) is 2. The van der Waals surface area contributed by atoms with Gasteiger partial charge in [0.15, 0.2) is 6.29 Å². The molecule has 0 aromatic heterocycles. The second kappa shape index (κ2) is 5.94. The third-order valence-corrected chi connectivity index (χ3v) is 2.91. The summed E-state index contributed by atoms with van der Waals surface area (Å²) < 4.78 is 41.4. The van der Waals surface area contributed by atoms with E-state index in [1.165, 1.54) is 0 Å². The molecule has 0 radical (unpaired) electrons. The summed E-state index contributed by atoms with van der Waals surface area (Å²) in [5, 5.41) is 1.62. The molecule has 0 saturated carbocycles. The van der Waals surface area contributed by atoms with E-state index in [1.54, 1.807) is 24.3 Å². The number of alkyl halides is 3. The highest BCUT2D eigenvalue weighted by atomic mass is 19.4. The molecule has 0 aliphatic heterocycles. The number of carbonyl (C=O) groups is 1. The Kier molecular flexibility index (Phi) is 4.27. The SMILES string of the molecule is O=Cc1c(OCCCC(F)(F)F)ccc2ccccc12. The molecule has 0 atom stereocenters. The number of hydrogen-bond donors (Lipinski definition) is 0. The van der Waals surface area contributed by atoms with E-state index < -0.39 is 12.6 Å². The number of fused-ring (bicyclic) bond motifs is 1. The summed E-state index contributed by atoms with van der Waals surface area (Å²) in [5.74, 6) is 0.320. The maximum Gasteiger partial charge on any atom is 0.389 e. The minimum atomic E-state index is -4.18. The van der Waals surface area contributed by atoms with Gasteiger partial charge in [-0.2, -0.15) is 13.2 Å². The average molecular weight is 282 g/mol. The Hall–Kier alpha value is -2.04. The predicted octanol–water partition coefficient (Wildman–Crippen LogP) is 4.37. The van der Waals surface area contributed by atoms with Gasteiger partial charge in [0.1, 0.15) is 5.75 Å². The van der Waals surface area contributed by atoms with Gasteiger partial charge in [-0.15, -0.1) is 0 Å². The van der Waals surface area contributed by atoms with Crippen LogP contribution in [0.4, 0.5) is 13.2 Å². The van der Waals surface area contributed by atoms with Crippen LogP contribution in [0.15, 0.2) is 36.4 Å². The highest BCUT2D eigenvalue weighted by molar-refractivity contribution is 6.00. The summed E-state index contributed by atoms with van der Waals surface area (Å²) in [4.78, 5) is 11.2. The fourth-order valence-electron chi connectivity index (χ4n) is 1.98. The molecule has 0 fully saturated rings. The van der Waals surface area contributed by atoms with E-state index in [0.29, 0.717) is 17.6 Å². The van der Waals surface area contributed by atoms with Crippen LogP contribution in [0.2, 0.25) is 0 Å². The first-order chi connectivity index (χ1) is 9.51. The number of ether oxygens (including phenoxy) is 1. The summed E-state index contributed by atoms with van der Waals surface area (Å²) in [5.41, 5.74) is 0.370. The summed E-state index contributed by atoms with van der Waals surface area (Å²) in [6, 6.07) is 10.7. The van der Waals surface area contributed by atoms with E-state index in [2.05, 4.69) is 0 Å². The van der Waals surface area contributed by atoms with E-state index in [0.717, 1.165) is 10.8 Å². The minimum Gasteiger partial charge on any atom is -0.493 e. The number of rotatable bonds is 5. The van der Waals surface area contributed by atoms with Crippen LogP contribution < -0.4 is 4.74 Å². The summed E-state index contributed by atoms with van der Waals surface area (Å²) >= 11 is 0. The molecular weight excluding hydrogens is 269 g/mol. The van der Waals surface area contributed by atoms with Gasteiger partial charge >= 0.3 is 6.18 Å². The number of aldehydes is 1. The molecule has 20 heavy (non-hydrogen) atoms. The number of carbonyl (C=O) groups excluding carboxylic acids is 1. The number of halogens is 3. The van der Waals surface area contributed by atoms with Crippen molar-refractivity contribution in [2.75, 3.05) is 6.61 Å². The molecule has 0 aliphatic carbocycles. The Bertz CT molecular complexity index is 606. The lowest BCUT2D eigenvalue weighted by atomic mass is 10.0. The third kappa shape index (κ3) is 3.50. The van der Waals surface area contributed by atoms with Gasteiger partial charge in [0, 0.05) is 6.42 Å². The Morgan fingerprint density at radius 1 is 1.10 bits per heavy atom. The van der Waals surface area contributed by atoms with Crippen molar-refractivity contribution in [2.45, 2.75) is 19.0 Å². The van der Waals surface area contributed by atoms with Crippen LogP contribution in [0.5, 0.6) is 5.75 Å². The second-order valence-electron chi connectivity index (χ2n) is 4.38. The van der Waals surface area contributed by atoms with Crippen LogP contribution >= 0.6 is 0 Å². The van der Waals surface area contributed by atoms with Crippen molar-refractivity contribution in [2.24, 2.45) is 0 Å². The molecule has 2 aromatic carbocycles. The molecule has 0 N–H and O–H groups in total. The average Bonchev–Trinajstić information content (AvgIpc) is 2.42. The first kappa shape index (κ1) is 14.4. The maximum atomic E-state index is 12.0. The monoisotopic (exact) mass is 282 g/mol. The Morgan fingerprint density at radius 3 is 2.55 bits per heavy atom. The van der Waals surface area contributed by atoms with Gasteiger partial charge in [-0.1, -0.05) is 30.3 Å². The van der Waals surface area contributed by atoms with Crippen molar-refractivity contribution in [3.05, 3.63) is 42.0 Å². The second-order valence-corrected chi connectivity index (χ2v) is 4.38. The van der Waals surface area contributed by atoms with Gasteiger partial charge in [-0.25, -0.2) is 0 Å². The Labute approximate surface area is 114 Å². The van der Waals surface area contributed by atoms with Crippen molar-refractivity contribution in [1.29, 1.82) is 0 Å². The van der Waals surface area contributed by atoms with E-state index >= 15 is 0 Å². The Morgan fingerprint density at radius 2 is 1.85 bits per heavy atom. The van der Waals surface area contributed by atoms with Crippen LogP contribution in [0.3, 0.4) is 0 Å². The zero-order valence-corrected chi connectivity index (χ0v) is 10.6. The van der Waals surface area contributed by atoms with Crippen LogP contribution in [0.25, 0.3) is 10.8 Å². The molecule has 0 saturated heterocycles. The zero-order chi connectivity index (χ0) is 14.6. The largest absolute Gasteiger partial charge is 0.493 e. The summed E-state index contributed by atoms with van der Waals surface area (Å²) in [7, 11) is 0. The molecule has 0 aliphatic rings. The molecule has 106 valence electrons. The highest BCUT2D eigenvalue weighted by Gasteiger charge is 2.26. The summed E-state index contributed by atoms with van der Waals surface area (Å²) in [6.07, 6.45) is -4.53.